The lowest BCUT2D eigenvalue weighted by molar-refractivity contribution is 0.160. The van der Waals surface area contributed by atoms with Crippen molar-refractivity contribution in [3.63, 3.8) is 0 Å². The van der Waals surface area contributed by atoms with E-state index in [1.54, 1.807) is 12.1 Å². The first-order valence-corrected chi connectivity index (χ1v) is 5.24. The Morgan fingerprint density at radius 2 is 2.06 bits per heavy atom. The van der Waals surface area contributed by atoms with Gasteiger partial charge in [0.25, 0.3) is 0 Å². The number of hydrogen-bond acceptors (Lipinski definition) is 2. The molecule has 2 nitrogen and oxygen atoms in total. The zero-order valence-electron chi connectivity index (χ0n) is 9.28. The van der Waals surface area contributed by atoms with Crippen molar-refractivity contribution in [2.24, 2.45) is 0 Å². The zero-order valence-corrected chi connectivity index (χ0v) is 9.28. The van der Waals surface area contributed by atoms with Crippen LogP contribution in [-0.2, 0) is 6.42 Å². The standard InChI is InChI=1S/C13H12F2O2/c1-8-4-5-10(14)12(13(8)15)11(16)7-9-3-2-6-17-9/h2-6,11,16H,7H2,1H3. The zero-order chi connectivity index (χ0) is 12.4. The van der Waals surface area contributed by atoms with Crippen molar-refractivity contribution in [1.82, 2.24) is 0 Å². The van der Waals surface area contributed by atoms with Gasteiger partial charge in [0.05, 0.1) is 17.9 Å². The Morgan fingerprint density at radius 1 is 1.29 bits per heavy atom. The van der Waals surface area contributed by atoms with E-state index >= 15 is 0 Å². The molecule has 0 spiro atoms. The Hall–Kier alpha value is -1.68. The second kappa shape index (κ2) is 4.67. The maximum atomic E-state index is 13.7. The van der Waals surface area contributed by atoms with E-state index in [1.165, 1.54) is 19.3 Å². The van der Waals surface area contributed by atoms with Crippen LogP contribution in [0.4, 0.5) is 8.78 Å². The first kappa shape index (κ1) is 11.8. The monoisotopic (exact) mass is 238 g/mol. The molecule has 4 heteroatoms. The molecule has 90 valence electrons. The van der Waals surface area contributed by atoms with E-state index in [4.69, 9.17) is 4.42 Å². The van der Waals surface area contributed by atoms with Crippen LogP contribution in [0.1, 0.15) is 23.0 Å². The van der Waals surface area contributed by atoms with Gasteiger partial charge in [0, 0.05) is 6.42 Å². The van der Waals surface area contributed by atoms with E-state index in [-0.39, 0.29) is 12.0 Å². The Labute approximate surface area is 97.5 Å². The molecule has 0 amide bonds. The van der Waals surface area contributed by atoms with Gasteiger partial charge in [-0.3, -0.25) is 0 Å². The summed E-state index contributed by atoms with van der Waals surface area (Å²) in [7, 11) is 0. The highest BCUT2D eigenvalue weighted by Crippen LogP contribution is 2.26. The fourth-order valence-corrected chi connectivity index (χ4v) is 1.71. The third kappa shape index (κ3) is 2.36. The average Bonchev–Trinajstić information content (AvgIpc) is 2.77. The molecule has 0 fully saturated rings. The van der Waals surface area contributed by atoms with Gasteiger partial charge in [-0.05, 0) is 30.7 Å². The molecule has 0 bridgehead atoms. The van der Waals surface area contributed by atoms with Gasteiger partial charge in [-0.15, -0.1) is 0 Å². The van der Waals surface area contributed by atoms with Crippen molar-refractivity contribution < 1.29 is 18.3 Å². The third-order valence-electron chi connectivity index (χ3n) is 2.63. The summed E-state index contributed by atoms with van der Waals surface area (Å²) < 4.78 is 32.2. The molecule has 1 heterocycles. The van der Waals surface area contributed by atoms with Gasteiger partial charge >= 0.3 is 0 Å². The highest BCUT2D eigenvalue weighted by atomic mass is 19.1. The molecule has 17 heavy (non-hydrogen) atoms. The van der Waals surface area contributed by atoms with E-state index in [0.29, 0.717) is 11.3 Å². The lowest BCUT2D eigenvalue weighted by Gasteiger charge is -2.13. The quantitative estimate of drug-likeness (QED) is 0.891. The van der Waals surface area contributed by atoms with Gasteiger partial charge in [0.1, 0.15) is 17.4 Å². The fourth-order valence-electron chi connectivity index (χ4n) is 1.71. The molecular formula is C13H12F2O2. The number of furan rings is 1. The van der Waals surface area contributed by atoms with Crippen molar-refractivity contribution in [3.05, 3.63) is 59.1 Å². The van der Waals surface area contributed by atoms with Gasteiger partial charge in [0.15, 0.2) is 0 Å². The number of aryl methyl sites for hydroxylation is 1. The molecule has 2 rings (SSSR count). The van der Waals surface area contributed by atoms with E-state index in [2.05, 4.69) is 0 Å². The molecule has 1 unspecified atom stereocenters. The van der Waals surface area contributed by atoms with Gasteiger partial charge in [-0.2, -0.15) is 0 Å². The topological polar surface area (TPSA) is 33.4 Å². The van der Waals surface area contributed by atoms with E-state index in [9.17, 15) is 13.9 Å². The summed E-state index contributed by atoms with van der Waals surface area (Å²) in [6, 6.07) is 5.80. The number of rotatable bonds is 3. The minimum Gasteiger partial charge on any atom is -0.469 e. The molecule has 0 saturated heterocycles. The fraction of sp³-hybridized carbons (Fsp3) is 0.231. The maximum Gasteiger partial charge on any atom is 0.134 e. The summed E-state index contributed by atoms with van der Waals surface area (Å²) in [5, 5.41) is 9.84. The number of aliphatic hydroxyl groups excluding tert-OH is 1. The lowest BCUT2D eigenvalue weighted by atomic mass is 10.0. The summed E-state index contributed by atoms with van der Waals surface area (Å²) in [5.74, 6) is -0.964. The minimum atomic E-state index is -1.25. The van der Waals surface area contributed by atoms with Crippen LogP contribution in [0.5, 0.6) is 0 Å². The third-order valence-corrected chi connectivity index (χ3v) is 2.63. The molecular weight excluding hydrogens is 226 g/mol. The molecule has 1 atom stereocenters. The van der Waals surface area contributed by atoms with E-state index < -0.39 is 17.7 Å². The number of hydrogen-bond donors (Lipinski definition) is 1. The van der Waals surface area contributed by atoms with Gasteiger partial charge in [-0.25, -0.2) is 8.78 Å². The molecule has 0 aliphatic heterocycles. The van der Waals surface area contributed by atoms with E-state index in [1.807, 2.05) is 0 Å². The SMILES string of the molecule is Cc1ccc(F)c(C(O)Cc2ccco2)c1F. The van der Waals surface area contributed by atoms with E-state index in [0.717, 1.165) is 6.07 Å². The predicted molar refractivity (Wildman–Crippen MR) is 58.5 cm³/mol. The molecule has 1 N–H and O–H groups in total. The van der Waals surface area contributed by atoms with Crippen molar-refractivity contribution in [3.8, 4) is 0 Å². The summed E-state index contributed by atoms with van der Waals surface area (Å²) in [5.41, 5.74) is 0.00120. The molecule has 2 aromatic rings. The summed E-state index contributed by atoms with van der Waals surface area (Å²) in [6.07, 6.45) is 0.246. The molecule has 0 aliphatic rings. The summed E-state index contributed by atoms with van der Waals surface area (Å²) in [6.45, 7) is 1.53. The average molecular weight is 238 g/mol. The van der Waals surface area contributed by atoms with Crippen LogP contribution in [0.25, 0.3) is 0 Å². The normalized spacial score (nSPS) is 12.7. The highest BCUT2D eigenvalue weighted by molar-refractivity contribution is 5.29. The smallest absolute Gasteiger partial charge is 0.134 e. The van der Waals surface area contributed by atoms with Crippen LogP contribution in [-0.4, -0.2) is 5.11 Å². The van der Waals surface area contributed by atoms with Crippen LogP contribution in [0.15, 0.2) is 34.9 Å². The van der Waals surface area contributed by atoms with Crippen LogP contribution >= 0.6 is 0 Å². The van der Waals surface area contributed by atoms with Crippen LogP contribution in [0.2, 0.25) is 0 Å². The van der Waals surface area contributed by atoms with Crippen LogP contribution in [0, 0.1) is 18.6 Å². The van der Waals surface area contributed by atoms with Gasteiger partial charge in [0.2, 0.25) is 0 Å². The number of aliphatic hydroxyl groups is 1. The first-order valence-electron chi connectivity index (χ1n) is 5.24. The van der Waals surface area contributed by atoms with Crippen molar-refractivity contribution in [2.75, 3.05) is 0 Å². The highest BCUT2D eigenvalue weighted by Gasteiger charge is 2.20. The summed E-state index contributed by atoms with van der Waals surface area (Å²) >= 11 is 0. The molecule has 0 saturated carbocycles. The van der Waals surface area contributed by atoms with Crippen molar-refractivity contribution >= 4 is 0 Å². The number of benzene rings is 1. The van der Waals surface area contributed by atoms with Crippen molar-refractivity contribution in [2.45, 2.75) is 19.4 Å². The second-order valence-corrected chi connectivity index (χ2v) is 3.89. The largest absolute Gasteiger partial charge is 0.469 e. The molecule has 0 aliphatic carbocycles. The first-order chi connectivity index (χ1) is 8.09. The number of halogens is 2. The van der Waals surface area contributed by atoms with Crippen LogP contribution < -0.4 is 0 Å². The Bertz CT molecular complexity index is 506. The minimum absolute atomic E-state index is 0.0459. The molecule has 0 radical (unpaired) electrons. The molecule has 1 aromatic carbocycles. The lowest BCUT2D eigenvalue weighted by Crippen LogP contribution is -2.08. The molecule has 1 aromatic heterocycles. The Balaban J connectivity index is 2.30. The summed E-state index contributed by atoms with van der Waals surface area (Å²) in [4.78, 5) is 0. The van der Waals surface area contributed by atoms with Crippen LogP contribution in [0.3, 0.4) is 0 Å². The maximum absolute atomic E-state index is 13.7. The second-order valence-electron chi connectivity index (χ2n) is 3.89. The van der Waals surface area contributed by atoms with Gasteiger partial charge in [-0.1, -0.05) is 6.07 Å². The Morgan fingerprint density at radius 3 is 2.71 bits per heavy atom. The predicted octanol–water partition coefficient (Wildman–Crippen LogP) is 3.14. The van der Waals surface area contributed by atoms with Gasteiger partial charge < -0.3 is 9.52 Å². The van der Waals surface area contributed by atoms with Crippen molar-refractivity contribution in [1.29, 1.82) is 0 Å². The Kier molecular flexibility index (Phi) is 3.24.